The summed E-state index contributed by atoms with van der Waals surface area (Å²) in [7, 11) is -3.26. The minimum atomic E-state index is -3.26. The molecule has 0 saturated carbocycles. The van der Waals surface area contributed by atoms with Crippen molar-refractivity contribution in [1.82, 2.24) is 5.32 Å². The van der Waals surface area contributed by atoms with E-state index >= 15 is 0 Å². The van der Waals surface area contributed by atoms with Crippen molar-refractivity contribution in [2.45, 2.75) is 26.3 Å². The van der Waals surface area contributed by atoms with Gasteiger partial charge in [0.15, 0.2) is 0 Å². The van der Waals surface area contributed by atoms with Gasteiger partial charge in [0.2, 0.25) is 0 Å². The van der Waals surface area contributed by atoms with Crippen LogP contribution in [-0.4, -0.2) is 45.0 Å². The number of rotatable bonds is 8. The maximum atomic E-state index is 12.3. The molecule has 1 N–H and O–H groups in total. The van der Waals surface area contributed by atoms with Crippen molar-refractivity contribution < 1.29 is 22.7 Å². The van der Waals surface area contributed by atoms with Crippen molar-refractivity contribution in [3.05, 3.63) is 34.3 Å². The van der Waals surface area contributed by atoms with Crippen LogP contribution in [0.1, 0.15) is 30.6 Å². The Morgan fingerprint density at radius 3 is 2.42 bits per heavy atom. The molecule has 0 heterocycles. The van der Waals surface area contributed by atoms with Crippen molar-refractivity contribution in [3.63, 3.8) is 0 Å². The molecule has 1 aromatic rings. The minimum absolute atomic E-state index is 0.0358. The van der Waals surface area contributed by atoms with Gasteiger partial charge >= 0.3 is 5.97 Å². The zero-order valence-electron chi connectivity index (χ0n) is 13.9. The summed E-state index contributed by atoms with van der Waals surface area (Å²) in [6.45, 7) is 3.98. The maximum Gasteiger partial charge on any atom is 0.328 e. The van der Waals surface area contributed by atoms with E-state index in [1.54, 1.807) is 24.3 Å². The van der Waals surface area contributed by atoms with Gasteiger partial charge in [-0.1, -0.05) is 26.0 Å². The van der Waals surface area contributed by atoms with Crippen LogP contribution in [0.2, 0.25) is 0 Å². The molecule has 0 aliphatic rings. The Labute approximate surface area is 151 Å². The zero-order valence-corrected chi connectivity index (χ0v) is 16.3. The van der Waals surface area contributed by atoms with Crippen LogP contribution < -0.4 is 5.32 Å². The van der Waals surface area contributed by atoms with Gasteiger partial charge in [-0.15, -0.1) is 0 Å². The van der Waals surface area contributed by atoms with Crippen LogP contribution in [-0.2, 0) is 19.4 Å². The Hall–Kier alpha value is -1.41. The molecule has 1 rings (SSSR count). The van der Waals surface area contributed by atoms with Crippen LogP contribution in [0, 0.1) is 5.92 Å². The smallest absolute Gasteiger partial charge is 0.328 e. The van der Waals surface area contributed by atoms with Gasteiger partial charge in [0.1, 0.15) is 15.9 Å². The summed E-state index contributed by atoms with van der Waals surface area (Å²) in [6, 6.07) is 5.75. The molecule has 1 aromatic carbocycles. The molecule has 0 unspecified atom stereocenters. The second-order valence-electron chi connectivity index (χ2n) is 5.95. The topological polar surface area (TPSA) is 89.5 Å². The van der Waals surface area contributed by atoms with E-state index in [1.807, 2.05) is 13.8 Å². The van der Waals surface area contributed by atoms with Crippen LogP contribution in [0.3, 0.4) is 0 Å². The number of esters is 1. The predicted molar refractivity (Wildman–Crippen MR) is 95.5 cm³/mol. The van der Waals surface area contributed by atoms with Crippen molar-refractivity contribution in [2.24, 2.45) is 5.92 Å². The fraction of sp³-hybridized carbons (Fsp3) is 0.500. The lowest BCUT2D eigenvalue weighted by atomic mass is 10.1. The number of sulfone groups is 1. The molecule has 0 bridgehead atoms. The molecule has 0 aliphatic heterocycles. The van der Waals surface area contributed by atoms with Gasteiger partial charge < -0.3 is 10.1 Å². The predicted octanol–water partition coefficient (Wildman–Crippen LogP) is 2.18. The number of hydrogen-bond acceptors (Lipinski definition) is 5. The first-order valence-electron chi connectivity index (χ1n) is 7.50. The van der Waals surface area contributed by atoms with Gasteiger partial charge in [0.05, 0.1) is 17.9 Å². The number of carbonyl (C=O) groups excluding carboxylic acids is 2. The monoisotopic (exact) mass is 419 g/mol. The highest BCUT2D eigenvalue weighted by molar-refractivity contribution is 9.10. The number of benzene rings is 1. The molecule has 134 valence electrons. The third-order valence-electron chi connectivity index (χ3n) is 3.04. The maximum absolute atomic E-state index is 12.3. The zero-order chi connectivity index (χ0) is 18.3. The fourth-order valence-corrected chi connectivity index (χ4v) is 2.94. The second kappa shape index (κ2) is 9.17. The summed E-state index contributed by atoms with van der Waals surface area (Å²) in [6.07, 6.45) is 1.05. The van der Waals surface area contributed by atoms with Gasteiger partial charge in [-0.2, -0.15) is 0 Å². The van der Waals surface area contributed by atoms with E-state index in [1.165, 1.54) is 0 Å². The highest BCUT2D eigenvalue weighted by Crippen LogP contribution is 2.16. The highest BCUT2D eigenvalue weighted by atomic mass is 79.9. The molecule has 1 amide bonds. The molecule has 0 saturated heterocycles. The molecule has 6 nitrogen and oxygen atoms in total. The Morgan fingerprint density at radius 1 is 1.25 bits per heavy atom. The number of nitrogens with one attached hydrogen (secondary N) is 1. The summed E-state index contributed by atoms with van der Waals surface area (Å²) in [4.78, 5) is 24.5. The molecule has 0 aromatic heterocycles. The number of carbonyl (C=O) groups is 2. The van der Waals surface area contributed by atoms with E-state index in [0.717, 1.165) is 6.26 Å². The minimum Gasteiger partial charge on any atom is -0.464 e. The Balaban J connectivity index is 2.85. The van der Waals surface area contributed by atoms with Crippen LogP contribution in [0.25, 0.3) is 0 Å². The van der Waals surface area contributed by atoms with Gasteiger partial charge in [-0.25, -0.2) is 13.2 Å². The molecular weight excluding hydrogens is 398 g/mol. The van der Waals surface area contributed by atoms with Gasteiger partial charge in [-0.05, 0) is 40.4 Å². The quantitative estimate of drug-likeness (QED) is 0.652. The number of ether oxygens (including phenoxy) is 1. The van der Waals surface area contributed by atoms with Gasteiger partial charge in [0.25, 0.3) is 5.91 Å². The highest BCUT2D eigenvalue weighted by Gasteiger charge is 2.25. The van der Waals surface area contributed by atoms with E-state index in [4.69, 9.17) is 4.74 Å². The van der Waals surface area contributed by atoms with Crippen LogP contribution in [0.5, 0.6) is 0 Å². The van der Waals surface area contributed by atoms with Gasteiger partial charge in [-0.3, -0.25) is 4.79 Å². The Kier molecular flexibility index (Phi) is 7.89. The molecule has 0 spiro atoms. The molecule has 8 heteroatoms. The average molecular weight is 420 g/mol. The van der Waals surface area contributed by atoms with E-state index in [-0.39, 0.29) is 24.7 Å². The molecular formula is C16H22BrNO5S. The first kappa shape index (κ1) is 20.6. The summed E-state index contributed by atoms with van der Waals surface area (Å²) < 4.78 is 28.4. The first-order valence-corrected chi connectivity index (χ1v) is 10.3. The lowest BCUT2D eigenvalue weighted by Crippen LogP contribution is -2.43. The summed E-state index contributed by atoms with van der Waals surface area (Å²) in [5.41, 5.74) is 0.360. The van der Waals surface area contributed by atoms with Crippen molar-refractivity contribution in [2.75, 3.05) is 18.6 Å². The number of halogens is 1. The van der Waals surface area contributed by atoms with Crippen LogP contribution in [0.4, 0.5) is 0 Å². The van der Waals surface area contributed by atoms with Crippen LogP contribution in [0.15, 0.2) is 28.7 Å². The summed E-state index contributed by atoms with van der Waals surface area (Å²) >= 11 is 3.27. The van der Waals surface area contributed by atoms with Gasteiger partial charge in [0, 0.05) is 10.7 Å². The summed E-state index contributed by atoms with van der Waals surface area (Å²) in [5.74, 6) is -1.18. The number of amides is 1. The number of hydrogen-bond donors (Lipinski definition) is 1. The largest absolute Gasteiger partial charge is 0.464 e. The van der Waals surface area contributed by atoms with E-state index < -0.39 is 27.8 Å². The van der Waals surface area contributed by atoms with Crippen molar-refractivity contribution in [3.8, 4) is 0 Å². The summed E-state index contributed by atoms with van der Waals surface area (Å²) in [5, 5.41) is 2.56. The lowest BCUT2D eigenvalue weighted by molar-refractivity contribution is -0.147. The Bertz CT molecular complexity index is 687. The Morgan fingerprint density at radius 2 is 1.88 bits per heavy atom. The second-order valence-corrected chi connectivity index (χ2v) is 9.06. The van der Waals surface area contributed by atoms with E-state index in [2.05, 4.69) is 21.2 Å². The third kappa shape index (κ3) is 7.44. The van der Waals surface area contributed by atoms with E-state index in [0.29, 0.717) is 10.0 Å². The normalized spacial score (nSPS) is 12.7. The molecule has 1 atom stereocenters. The molecule has 0 radical (unpaired) electrons. The SMILES string of the molecule is CC(C)COC(=O)[C@@H](CCS(C)(=O)=O)NC(=O)c1ccccc1Br. The average Bonchev–Trinajstić information content (AvgIpc) is 2.48. The fourth-order valence-electron chi connectivity index (χ4n) is 1.81. The molecule has 0 fully saturated rings. The third-order valence-corrected chi connectivity index (χ3v) is 4.71. The van der Waals surface area contributed by atoms with Crippen LogP contribution >= 0.6 is 15.9 Å². The standard InChI is InChI=1S/C16H22BrNO5S/c1-11(2)10-23-16(20)14(8-9-24(3,21)22)18-15(19)12-6-4-5-7-13(12)17/h4-7,11,14H,8-10H2,1-3H3,(H,18,19)/t14-/m1/s1. The lowest BCUT2D eigenvalue weighted by Gasteiger charge is -2.18. The first-order chi connectivity index (χ1) is 11.1. The molecule has 24 heavy (non-hydrogen) atoms. The van der Waals surface area contributed by atoms with Crippen molar-refractivity contribution in [1.29, 1.82) is 0 Å². The van der Waals surface area contributed by atoms with Crippen molar-refractivity contribution >= 4 is 37.6 Å². The molecule has 0 aliphatic carbocycles. The van der Waals surface area contributed by atoms with E-state index in [9.17, 15) is 18.0 Å².